The van der Waals surface area contributed by atoms with E-state index >= 15 is 0 Å². The summed E-state index contributed by atoms with van der Waals surface area (Å²) in [7, 11) is 0. The van der Waals surface area contributed by atoms with E-state index in [4.69, 9.17) is 4.74 Å². The van der Waals surface area contributed by atoms with E-state index in [1.54, 1.807) is 30.3 Å². The van der Waals surface area contributed by atoms with Crippen molar-refractivity contribution in [1.29, 1.82) is 0 Å². The first kappa shape index (κ1) is 14.6. The van der Waals surface area contributed by atoms with Gasteiger partial charge in [-0.1, -0.05) is 30.3 Å². The Morgan fingerprint density at radius 1 is 0.739 bits per heavy atom. The Hall–Kier alpha value is -1.95. The van der Waals surface area contributed by atoms with Crippen LogP contribution in [0.15, 0.2) is 30.3 Å². The molecule has 2 aliphatic rings. The lowest BCUT2D eigenvalue weighted by Crippen LogP contribution is -2.34. The minimum Gasteiger partial charge on any atom is -0.352 e. The van der Waals surface area contributed by atoms with Crippen molar-refractivity contribution < 1.29 is 26.7 Å². The summed E-state index contributed by atoms with van der Waals surface area (Å²) in [4.78, 5) is 0. The summed E-state index contributed by atoms with van der Waals surface area (Å²) < 4.78 is 74.9. The van der Waals surface area contributed by atoms with Gasteiger partial charge in [-0.2, -0.15) is 0 Å². The molecule has 0 aromatic heterocycles. The summed E-state index contributed by atoms with van der Waals surface area (Å²) in [6.07, 6.45) is 1.81. The highest BCUT2D eigenvalue weighted by Gasteiger charge is 2.75. The van der Waals surface area contributed by atoms with E-state index in [1.165, 1.54) is 0 Å². The average molecular weight is 326 g/mol. The van der Waals surface area contributed by atoms with Crippen molar-refractivity contribution >= 4 is 0 Å². The van der Waals surface area contributed by atoms with E-state index < -0.39 is 45.9 Å². The molecule has 0 bridgehead atoms. The van der Waals surface area contributed by atoms with Crippen molar-refractivity contribution in [2.75, 3.05) is 0 Å². The first-order chi connectivity index (χ1) is 10.9. The first-order valence-corrected chi connectivity index (χ1v) is 7.22. The maximum Gasteiger partial charge on any atom is 0.200 e. The standard InChI is InChI=1S/C17H11F5O/c18-11-10(12(19)14(21)15(22)13(11)20)17(9-5-2-1-3-6-9)16(23-17)7-4-8-16/h1-3,5-6H,4,7-8H2. The summed E-state index contributed by atoms with van der Waals surface area (Å²) in [6, 6.07) is 8.12. The fourth-order valence-corrected chi connectivity index (χ4v) is 3.55. The van der Waals surface area contributed by atoms with Crippen LogP contribution in [0.25, 0.3) is 0 Å². The van der Waals surface area contributed by atoms with E-state index in [0.29, 0.717) is 18.4 Å². The van der Waals surface area contributed by atoms with Gasteiger partial charge in [0.05, 0.1) is 5.56 Å². The van der Waals surface area contributed by atoms with Gasteiger partial charge in [0.25, 0.3) is 0 Å². The summed E-state index contributed by atoms with van der Waals surface area (Å²) in [5.74, 6) is -9.70. The molecular weight excluding hydrogens is 315 g/mol. The van der Waals surface area contributed by atoms with E-state index in [0.717, 1.165) is 6.42 Å². The second-order valence-electron chi connectivity index (χ2n) is 5.94. The fraction of sp³-hybridized carbons (Fsp3) is 0.294. The number of hydrogen-bond acceptors (Lipinski definition) is 1. The van der Waals surface area contributed by atoms with Crippen molar-refractivity contribution in [3.05, 3.63) is 70.5 Å². The maximum atomic E-state index is 14.3. The summed E-state index contributed by atoms with van der Waals surface area (Å²) in [5.41, 5.74) is -2.99. The van der Waals surface area contributed by atoms with Gasteiger partial charge < -0.3 is 4.74 Å². The zero-order chi connectivity index (χ0) is 16.4. The molecule has 1 spiro atoms. The van der Waals surface area contributed by atoms with Gasteiger partial charge in [-0.05, 0) is 24.8 Å². The van der Waals surface area contributed by atoms with Crippen LogP contribution in [0.1, 0.15) is 30.4 Å². The van der Waals surface area contributed by atoms with Crippen LogP contribution in [0.3, 0.4) is 0 Å². The highest BCUT2D eigenvalue weighted by Crippen LogP contribution is 2.69. The van der Waals surface area contributed by atoms with Crippen LogP contribution in [0, 0.1) is 29.1 Å². The van der Waals surface area contributed by atoms with Crippen molar-refractivity contribution in [3.8, 4) is 0 Å². The monoisotopic (exact) mass is 326 g/mol. The summed E-state index contributed by atoms with van der Waals surface area (Å²) in [6.45, 7) is 0. The van der Waals surface area contributed by atoms with Crippen molar-refractivity contribution in [2.24, 2.45) is 0 Å². The third-order valence-electron chi connectivity index (χ3n) is 4.85. The molecule has 1 aliphatic heterocycles. The molecule has 2 aromatic rings. The van der Waals surface area contributed by atoms with Gasteiger partial charge in [-0.3, -0.25) is 0 Å². The Bertz CT molecular complexity index is 771. The molecule has 1 saturated carbocycles. The van der Waals surface area contributed by atoms with Crippen LogP contribution in [0.2, 0.25) is 0 Å². The van der Waals surface area contributed by atoms with Gasteiger partial charge in [0, 0.05) is 0 Å². The Morgan fingerprint density at radius 2 is 1.26 bits per heavy atom. The Balaban J connectivity index is 2.01. The lowest BCUT2D eigenvalue weighted by molar-refractivity contribution is 0.195. The molecule has 23 heavy (non-hydrogen) atoms. The fourth-order valence-electron chi connectivity index (χ4n) is 3.55. The normalized spacial score (nSPS) is 24.6. The molecule has 1 atom stereocenters. The molecule has 2 fully saturated rings. The third-order valence-corrected chi connectivity index (χ3v) is 4.85. The molecule has 6 heteroatoms. The van der Waals surface area contributed by atoms with Crippen LogP contribution in [0.4, 0.5) is 22.0 Å². The molecule has 2 aromatic carbocycles. The van der Waals surface area contributed by atoms with Crippen LogP contribution < -0.4 is 0 Å². The zero-order valence-corrected chi connectivity index (χ0v) is 11.8. The number of halogens is 5. The number of rotatable bonds is 2. The van der Waals surface area contributed by atoms with Crippen molar-refractivity contribution in [3.63, 3.8) is 0 Å². The van der Waals surface area contributed by atoms with Gasteiger partial charge in [0.15, 0.2) is 28.9 Å². The Kier molecular flexibility index (Phi) is 2.89. The van der Waals surface area contributed by atoms with Crippen LogP contribution in [-0.2, 0) is 10.3 Å². The van der Waals surface area contributed by atoms with E-state index in [9.17, 15) is 22.0 Å². The quantitative estimate of drug-likeness (QED) is 0.341. The summed E-state index contributed by atoms with van der Waals surface area (Å²) in [5, 5.41) is 0. The molecule has 1 aliphatic carbocycles. The van der Waals surface area contributed by atoms with Gasteiger partial charge in [0.2, 0.25) is 5.82 Å². The largest absolute Gasteiger partial charge is 0.352 e. The van der Waals surface area contributed by atoms with Gasteiger partial charge in [-0.25, -0.2) is 22.0 Å². The number of epoxide rings is 1. The Labute approximate surface area is 128 Å². The molecular formula is C17H11F5O. The zero-order valence-electron chi connectivity index (χ0n) is 11.8. The second-order valence-corrected chi connectivity index (χ2v) is 5.94. The molecule has 120 valence electrons. The lowest BCUT2D eigenvalue weighted by Gasteiger charge is -2.28. The molecule has 4 rings (SSSR count). The Morgan fingerprint density at radius 3 is 1.70 bits per heavy atom. The second kappa shape index (κ2) is 4.54. The van der Waals surface area contributed by atoms with Crippen LogP contribution in [0.5, 0.6) is 0 Å². The van der Waals surface area contributed by atoms with Crippen LogP contribution >= 0.6 is 0 Å². The molecule has 0 amide bonds. The SMILES string of the molecule is Fc1c(F)c(F)c(C2(c3ccccc3)OC23CCC3)c(F)c1F. The number of hydrogen-bond donors (Lipinski definition) is 0. The molecule has 0 radical (unpaired) electrons. The van der Waals surface area contributed by atoms with Gasteiger partial charge in [-0.15, -0.1) is 0 Å². The lowest BCUT2D eigenvalue weighted by atomic mass is 9.70. The third kappa shape index (κ3) is 1.64. The minimum absolute atomic E-state index is 0.392. The van der Waals surface area contributed by atoms with Crippen molar-refractivity contribution in [2.45, 2.75) is 30.5 Å². The number of benzene rings is 2. The molecule has 1 heterocycles. The molecule has 1 saturated heterocycles. The molecule has 1 unspecified atom stereocenters. The minimum atomic E-state index is -2.16. The van der Waals surface area contributed by atoms with E-state index in [1.807, 2.05) is 0 Å². The molecule has 1 nitrogen and oxygen atoms in total. The molecule has 0 N–H and O–H groups in total. The van der Waals surface area contributed by atoms with Crippen LogP contribution in [-0.4, -0.2) is 5.60 Å². The summed E-state index contributed by atoms with van der Waals surface area (Å²) >= 11 is 0. The predicted molar refractivity (Wildman–Crippen MR) is 71.1 cm³/mol. The highest BCUT2D eigenvalue weighted by atomic mass is 19.2. The topological polar surface area (TPSA) is 12.5 Å². The van der Waals surface area contributed by atoms with Crippen molar-refractivity contribution in [1.82, 2.24) is 0 Å². The average Bonchev–Trinajstić information content (AvgIpc) is 3.24. The number of ether oxygens (including phenoxy) is 1. The highest BCUT2D eigenvalue weighted by molar-refractivity contribution is 5.49. The van der Waals surface area contributed by atoms with Gasteiger partial charge in [0.1, 0.15) is 5.60 Å². The predicted octanol–water partition coefficient (Wildman–Crippen LogP) is 4.58. The smallest absolute Gasteiger partial charge is 0.200 e. The van der Waals surface area contributed by atoms with E-state index in [-0.39, 0.29) is 0 Å². The van der Waals surface area contributed by atoms with E-state index in [2.05, 4.69) is 0 Å². The first-order valence-electron chi connectivity index (χ1n) is 7.22. The maximum absolute atomic E-state index is 14.3. The van der Waals surface area contributed by atoms with Gasteiger partial charge >= 0.3 is 0 Å².